The van der Waals surface area contributed by atoms with E-state index in [1.165, 1.54) is 20.1 Å². The molecule has 0 aliphatic heterocycles. The maximum atomic E-state index is 12.7. The molecule has 0 aliphatic rings. The number of carbonyl (C=O) groups excluding carboxylic acids is 2. The number of hydrogen-bond acceptors (Lipinski definition) is 5. The zero-order chi connectivity index (χ0) is 23.1. The summed E-state index contributed by atoms with van der Waals surface area (Å²) in [5.74, 6) is -0.101. The number of carbonyl (C=O) groups is 2. The third-order valence-electron chi connectivity index (χ3n) is 4.68. The molecule has 1 unspecified atom stereocenters. The second kappa shape index (κ2) is 10.5. The van der Waals surface area contributed by atoms with Crippen LogP contribution in [0.2, 0.25) is 0 Å². The maximum Gasteiger partial charge on any atom is 0.339 e. The zero-order valence-corrected chi connectivity index (χ0v) is 18.6. The van der Waals surface area contributed by atoms with Gasteiger partial charge >= 0.3 is 5.97 Å². The molecule has 0 heterocycles. The number of methoxy groups -OCH3 is 1. The molecule has 0 saturated heterocycles. The van der Waals surface area contributed by atoms with E-state index in [4.69, 9.17) is 14.2 Å². The third kappa shape index (κ3) is 5.66. The molecule has 0 fully saturated rings. The Balaban J connectivity index is 1.70. The first-order chi connectivity index (χ1) is 15.4. The molecule has 3 aromatic rings. The van der Waals surface area contributed by atoms with Gasteiger partial charge in [-0.1, -0.05) is 48.5 Å². The van der Waals surface area contributed by atoms with Crippen LogP contribution in [0.1, 0.15) is 31.1 Å². The van der Waals surface area contributed by atoms with Crippen LogP contribution in [-0.4, -0.2) is 31.2 Å². The van der Waals surface area contributed by atoms with Crippen molar-refractivity contribution in [1.82, 2.24) is 0 Å². The van der Waals surface area contributed by atoms with Crippen LogP contribution in [0.5, 0.6) is 11.5 Å². The number of ether oxygens (including phenoxy) is 3. The molecule has 3 rings (SSSR count). The molecule has 0 saturated carbocycles. The largest absolute Gasteiger partial charge is 0.493 e. The van der Waals surface area contributed by atoms with Gasteiger partial charge in [-0.3, -0.25) is 4.79 Å². The molecule has 3 aromatic carbocycles. The van der Waals surface area contributed by atoms with Crippen molar-refractivity contribution >= 4 is 17.6 Å². The molecule has 6 heteroatoms. The van der Waals surface area contributed by atoms with Crippen molar-refractivity contribution in [3.05, 3.63) is 78.4 Å². The summed E-state index contributed by atoms with van der Waals surface area (Å²) < 4.78 is 16.4. The normalized spacial score (nSPS) is 11.5. The van der Waals surface area contributed by atoms with E-state index in [1.807, 2.05) is 68.4 Å². The fourth-order valence-electron chi connectivity index (χ4n) is 3.12. The van der Waals surface area contributed by atoms with Crippen LogP contribution in [0.3, 0.4) is 0 Å². The quantitative estimate of drug-likeness (QED) is 0.486. The van der Waals surface area contributed by atoms with Gasteiger partial charge in [0, 0.05) is 11.3 Å². The van der Waals surface area contributed by atoms with Gasteiger partial charge in [0.25, 0.3) is 5.91 Å². The lowest BCUT2D eigenvalue weighted by Crippen LogP contribution is -2.30. The lowest BCUT2D eigenvalue weighted by atomic mass is 10.0. The summed E-state index contributed by atoms with van der Waals surface area (Å²) in [5.41, 5.74) is 2.76. The van der Waals surface area contributed by atoms with Gasteiger partial charge in [0.15, 0.2) is 17.6 Å². The number of para-hydroxylation sites is 1. The summed E-state index contributed by atoms with van der Waals surface area (Å²) in [4.78, 5) is 25.3. The second-order valence-corrected chi connectivity index (χ2v) is 7.48. The van der Waals surface area contributed by atoms with Crippen LogP contribution < -0.4 is 14.8 Å². The Morgan fingerprint density at radius 1 is 0.844 bits per heavy atom. The fraction of sp³-hybridized carbons (Fsp3) is 0.231. The summed E-state index contributed by atoms with van der Waals surface area (Å²) in [6, 6.07) is 22.0. The van der Waals surface area contributed by atoms with E-state index in [9.17, 15) is 9.59 Å². The topological polar surface area (TPSA) is 73.9 Å². The van der Waals surface area contributed by atoms with Gasteiger partial charge in [-0.25, -0.2) is 4.79 Å². The van der Waals surface area contributed by atoms with Crippen molar-refractivity contribution in [3.8, 4) is 22.6 Å². The first-order valence-electron chi connectivity index (χ1n) is 10.4. The van der Waals surface area contributed by atoms with Crippen LogP contribution in [-0.2, 0) is 9.53 Å². The van der Waals surface area contributed by atoms with E-state index in [1.54, 1.807) is 12.1 Å². The minimum absolute atomic E-state index is 0.0378. The maximum absolute atomic E-state index is 12.7. The Morgan fingerprint density at radius 2 is 1.53 bits per heavy atom. The Hall–Kier alpha value is -3.80. The van der Waals surface area contributed by atoms with Crippen molar-refractivity contribution in [2.75, 3.05) is 12.4 Å². The highest BCUT2D eigenvalue weighted by Gasteiger charge is 2.21. The summed E-state index contributed by atoms with van der Waals surface area (Å²) in [6.45, 7) is 5.33. The average Bonchev–Trinajstić information content (AvgIpc) is 2.79. The van der Waals surface area contributed by atoms with Crippen molar-refractivity contribution < 1.29 is 23.8 Å². The lowest BCUT2D eigenvalue weighted by molar-refractivity contribution is -0.123. The highest BCUT2D eigenvalue weighted by Crippen LogP contribution is 2.30. The molecule has 0 spiro atoms. The second-order valence-electron chi connectivity index (χ2n) is 7.48. The van der Waals surface area contributed by atoms with Gasteiger partial charge in [0.2, 0.25) is 0 Å². The molecular formula is C26H27NO5. The smallest absolute Gasteiger partial charge is 0.339 e. The van der Waals surface area contributed by atoms with Crippen LogP contribution in [0.25, 0.3) is 11.1 Å². The summed E-state index contributed by atoms with van der Waals surface area (Å²) in [7, 11) is 1.50. The van der Waals surface area contributed by atoms with E-state index in [2.05, 4.69) is 5.32 Å². The van der Waals surface area contributed by atoms with Gasteiger partial charge < -0.3 is 19.5 Å². The molecule has 1 N–H and O–H groups in total. The van der Waals surface area contributed by atoms with Gasteiger partial charge in [-0.2, -0.15) is 0 Å². The number of nitrogens with one attached hydrogen (secondary N) is 1. The predicted molar refractivity (Wildman–Crippen MR) is 124 cm³/mol. The predicted octanol–water partition coefficient (Wildman–Crippen LogP) is 5.33. The average molecular weight is 434 g/mol. The van der Waals surface area contributed by atoms with E-state index < -0.39 is 18.0 Å². The van der Waals surface area contributed by atoms with Crippen LogP contribution in [0.15, 0.2) is 72.8 Å². The van der Waals surface area contributed by atoms with Gasteiger partial charge in [-0.15, -0.1) is 0 Å². The van der Waals surface area contributed by atoms with Crippen LogP contribution in [0.4, 0.5) is 5.69 Å². The number of rotatable bonds is 8. The molecular weight excluding hydrogens is 406 g/mol. The molecule has 0 radical (unpaired) electrons. The number of benzene rings is 3. The van der Waals surface area contributed by atoms with Crippen molar-refractivity contribution in [2.45, 2.75) is 33.0 Å². The summed E-state index contributed by atoms with van der Waals surface area (Å²) in [5, 5.41) is 2.86. The van der Waals surface area contributed by atoms with E-state index in [-0.39, 0.29) is 11.7 Å². The van der Waals surface area contributed by atoms with Crippen LogP contribution in [0, 0.1) is 0 Å². The third-order valence-corrected chi connectivity index (χ3v) is 4.68. The molecule has 1 atom stereocenters. The summed E-state index contributed by atoms with van der Waals surface area (Å²) >= 11 is 0. The molecule has 0 aliphatic carbocycles. The highest BCUT2D eigenvalue weighted by atomic mass is 16.5. The van der Waals surface area contributed by atoms with E-state index in [0.29, 0.717) is 17.2 Å². The van der Waals surface area contributed by atoms with Gasteiger partial charge in [0.1, 0.15) is 0 Å². The molecule has 0 aromatic heterocycles. The van der Waals surface area contributed by atoms with Crippen molar-refractivity contribution in [2.24, 2.45) is 0 Å². The van der Waals surface area contributed by atoms with Crippen LogP contribution >= 0.6 is 0 Å². The minimum Gasteiger partial charge on any atom is -0.493 e. The first-order valence-corrected chi connectivity index (χ1v) is 10.4. The Bertz CT molecular complexity index is 1080. The van der Waals surface area contributed by atoms with Crippen molar-refractivity contribution in [3.63, 3.8) is 0 Å². The SMILES string of the molecule is COc1cc(C(=O)OC(C)C(=O)Nc2ccccc2-c2ccccc2)ccc1OC(C)C. The molecule has 166 valence electrons. The highest BCUT2D eigenvalue weighted by molar-refractivity contribution is 6.00. The Morgan fingerprint density at radius 3 is 2.22 bits per heavy atom. The number of hydrogen-bond donors (Lipinski definition) is 1. The number of anilines is 1. The first kappa shape index (κ1) is 22.9. The molecule has 1 amide bonds. The standard InChI is InChI=1S/C26H27NO5/c1-17(2)31-23-15-14-20(16-24(23)30-4)26(29)32-18(3)25(28)27-22-13-9-8-12-21(22)19-10-6-5-7-11-19/h5-18H,1-4H3,(H,27,28). The summed E-state index contributed by atoms with van der Waals surface area (Å²) in [6.07, 6.45) is -1.03. The fourth-order valence-corrected chi connectivity index (χ4v) is 3.12. The number of esters is 1. The van der Waals surface area contributed by atoms with Gasteiger partial charge in [-0.05, 0) is 50.6 Å². The molecule has 0 bridgehead atoms. The van der Waals surface area contributed by atoms with Crippen molar-refractivity contribution in [1.29, 1.82) is 0 Å². The van der Waals surface area contributed by atoms with E-state index in [0.717, 1.165) is 11.1 Å². The monoisotopic (exact) mass is 433 g/mol. The molecule has 32 heavy (non-hydrogen) atoms. The minimum atomic E-state index is -0.996. The Labute approximate surface area is 188 Å². The van der Waals surface area contributed by atoms with Gasteiger partial charge in [0.05, 0.1) is 18.8 Å². The molecule has 6 nitrogen and oxygen atoms in total. The zero-order valence-electron chi connectivity index (χ0n) is 18.6. The Kier molecular flexibility index (Phi) is 7.49. The lowest BCUT2D eigenvalue weighted by Gasteiger charge is -2.17. The van der Waals surface area contributed by atoms with E-state index >= 15 is 0 Å². The number of amides is 1.